The standard InChI is InChI=1S/C30H26ClF2N3O4/c1-30(2,3)40-29(39)19-9-11-21(12-10-19)35-28(38)24(15-18-7-5-4-6-8-18)36-25(37)16-20(17-34-36)26-23(32)14-13-22(31)27(26)33/h4-14,16-17,24H,15H2,1-3H3,(H,35,38). The number of hydrogen-bond acceptors (Lipinski definition) is 5. The fraction of sp³-hybridized carbons (Fsp3) is 0.200. The molecule has 0 saturated heterocycles. The number of benzene rings is 3. The first-order valence-corrected chi connectivity index (χ1v) is 12.7. The van der Waals surface area contributed by atoms with Gasteiger partial charge in [-0.2, -0.15) is 5.10 Å². The van der Waals surface area contributed by atoms with Crippen LogP contribution in [-0.4, -0.2) is 27.3 Å². The van der Waals surface area contributed by atoms with Gasteiger partial charge in [0.15, 0.2) is 5.82 Å². The van der Waals surface area contributed by atoms with Crippen molar-refractivity contribution in [3.63, 3.8) is 0 Å². The van der Waals surface area contributed by atoms with Crippen molar-refractivity contribution < 1.29 is 23.1 Å². The van der Waals surface area contributed by atoms with Crippen molar-refractivity contribution in [3.8, 4) is 11.1 Å². The number of nitrogens with zero attached hydrogens (tertiary/aromatic N) is 2. The second kappa shape index (κ2) is 11.8. The third-order valence-electron chi connectivity index (χ3n) is 5.82. The van der Waals surface area contributed by atoms with Crippen molar-refractivity contribution in [2.24, 2.45) is 0 Å². The van der Waals surface area contributed by atoms with Crippen LogP contribution in [-0.2, 0) is 16.0 Å². The van der Waals surface area contributed by atoms with E-state index in [1.807, 2.05) is 6.07 Å². The van der Waals surface area contributed by atoms with Crippen LogP contribution in [0.4, 0.5) is 14.5 Å². The molecule has 4 aromatic rings. The molecule has 0 aliphatic rings. The molecule has 1 heterocycles. The average Bonchev–Trinajstić information content (AvgIpc) is 2.90. The molecular weight excluding hydrogens is 540 g/mol. The summed E-state index contributed by atoms with van der Waals surface area (Å²) in [5, 5.41) is 6.54. The number of rotatable bonds is 7. The van der Waals surface area contributed by atoms with Crippen molar-refractivity contribution in [1.29, 1.82) is 0 Å². The Kier molecular flexibility index (Phi) is 8.44. The molecule has 0 saturated carbocycles. The fourth-order valence-corrected chi connectivity index (χ4v) is 4.12. The maximum Gasteiger partial charge on any atom is 0.338 e. The molecule has 1 unspecified atom stereocenters. The summed E-state index contributed by atoms with van der Waals surface area (Å²) in [5.74, 6) is -2.99. The Morgan fingerprint density at radius 2 is 1.70 bits per heavy atom. The third-order valence-corrected chi connectivity index (χ3v) is 6.11. The first-order chi connectivity index (χ1) is 18.9. The summed E-state index contributed by atoms with van der Waals surface area (Å²) >= 11 is 5.80. The molecule has 0 radical (unpaired) electrons. The molecule has 1 N–H and O–H groups in total. The molecule has 0 spiro atoms. The molecule has 0 aliphatic carbocycles. The lowest BCUT2D eigenvalue weighted by Crippen LogP contribution is -2.36. The van der Waals surface area contributed by atoms with E-state index >= 15 is 0 Å². The van der Waals surface area contributed by atoms with Gasteiger partial charge >= 0.3 is 5.97 Å². The minimum Gasteiger partial charge on any atom is -0.456 e. The molecule has 4 rings (SSSR count). The number of carbonyl (C=O) groups is 2. The number of amides is 1. The van der Waals surface area contributed by atoms with Gasteiger partial charge in [-0.05, 0) is 62.7 Å². The van der Waals surface area contributed by atoms with Crippen LogP contribution in [0.5, 0.6) is 0 Å². The van der Waals surface area contributed by atoms with Crippen LogP contribution in [0.15, 0.2) is 83.8 Å². The van der Waals surface area contributed by atoms with Crippen molar-refractivity contribution in [3.05, 3.63) is 117 Å². The van der Waals surface area contributed by atoms with E-state index in [4.69, 9.17) is 16.3 Å². The number of carbonyl (C=O) groups excluding carboxylic acids is 2. The Balaban J connectivity index is 1.64. The fourth-order valence-electron chi connectivity index (χ4n) is 3.96. The Labute approximate surface area is 234 Å². The zero-order chi connectivity index (χ0) is 29.0. The van der Waals surface area contributed by atoms with Crippen LogP contribution in [0.1, 0.15) is 42.7 Å². The van der Waals surface area contributed by atoms with Crippen molar-refractivity contribution in [2.45, 2.75) is 38.8 Å². The lowest BCUT2D eigenvalue weighted by molar-refractivity contribution is -0.119. The zero-order valence-electron chi connectivity index (χ0n) is 22.0. The summed E-state index contributed by atoms with van der Waals surface area (Å²) in [6, 6.07) is 17.1. The maximum atomic E-state index is 14.6. The summed E-state index contributed by atoms with van der Waals surface area (Å²) in [6.45, 7) is 5.28. The molecular formula is C30H26ClF2N3O4. The largest absolute Gasteiger partial charge is 0.456 e. The molecule has 206 valence electrons. The van der Waals surface area contributed by atoms with Crippen molar-refractivity contribution in [2.75, 3.05) is 5.32 Å². The third kappa shape index (κ3) is 6.79. The highest BCUT2D eigenvalue weighted by Crippen LogP contribution is 2.29. The van der Waals surface area contributed by atoms with Crippen molar-refractivity contribution >= 4 is 29.2 Å². The van der Waals surface area contributed by atoms with Gasteiger partial charge in [0.25, 0.3) is 5.56 Å². The Morgan fingerprint density at radius 3 is 2.33 bits per heavy atom. The predicted molar refractivity (Wildman–Crippen MR) is 148 cm³/mol. The number of anilines is 1. The van der Waals surface area contributed by atoms with Crippen LogP contribution in [0.25, 0.3) is 11.1 Å². The van der Waals surface area contributed by atoms with Gasteiger partial charge in [-0.15, -0.1) is 0 Å². The zero-order valence-corrected chi connectivity index (χ0v) is 22.7. The highest BCUT2D eigenvalue weighted by atomic mass is 35.5. The van der Waals surface area contributed by atoms with Crippen LogP contribution in [0, 0.1) is 11.6 Å². The monoisotopic (exact) mass is 565 g/mol. The highest BCUT2D eigenvalue weighted by molar-refractivity contribution is 6.31. The van der Waals surface area contributed by atoms with E-state index in [-0.39, 0.29) is 17.0 Å². The number of hydrogen-bond donors (Lipinski definition) is 1. The van der Waals surface area contributed by atoms with Gasteiger partial charge in [0.05, 0.1) is 22.3 Å². The lowest BCUT2D eigenvalue weighted by atomic mass is 10.0. The molecule has 0 fully saturated rings. The number of aromatic nitrogens is 2. The van der Waals surface area contributed by atoms with Gasteiger partial charge < -0.3 is 10.1 Å². The van der Waals surface area contributed by atoms with Gasteiger partial charge in [-0.25, -0.2) is 18.3 Å². The second-order valence-electron chi connectivity index (χ2n) is 10.0. The van der Waals surface area contributed by atoms with Crippen molar-refractivity contribution in [1.82, 2.24) is 9.78 Å². The number of nitrogens with one attached hydrogen (secondary N) is 1. The van der Waals surface area contributed by atoms with E-state index in [1.54, 1.807) is 57.2 Å². The van der Waals surface area contributed by atoms with E-state index < -0.39 is 46.3 Å². The summed E-state index contributed by atoms with van der Waals surface area (Å²) in [7, 11) is 0. The summed E-state index contributed by atoms with van der Waals surface area (Å²) in [6.07, 6.45) is 1.22. The van der Waals surface area contributed by atoms with Crippen LogP contribution in [0.2, 0.25) is 5.02 Å². The van der Waals surface area contributed by atoms with E-state index in [2.05, 4.69) is 10.4 Å². The van der Waals surface area contributed by atoms with E-state index in [9.17, 15) is 23.2 Å². The smallest absolute Gasteiger partial charge is 0.338 e. The Hall–Kier alpha value is -4.37. The second-order valence-corrected chi connectivity index (χ2v) is 10.4. The molecule has 1 aromatic heterocycles. The first kappa shape index (κ1) is 28.6. The summed E-state index contributed by atoms with van der Waals surface area (Å²) in [5.41, 5.74) is -0.561. The predicted octanol–water partition coefficient (Wildman–Crippen LogP) is 6.22. The molecule has 0 aliphatic heterocycles. The van der Waals surface area contributed by atoms with E-state index in [1.165, 1.54) is 12.1 Å². The minimum atomic E-state index is -1.11. The van der Waals surface area contributed by atoms with Crippen LogP contribution in [0.3, 0.4) is 0 Å². The molecule has 1 amide bonds. The number of halogens is 3. The SMILES string of the molecule is CC(C)(C)OC(=O)c1ccc(NC(=O)C(Cc2ccccc2)n2ncc(-c3c(F)ccc(Cl)c3F)cc2=O)cc1. The summed E-state index contributed by atoms with van der Waals surface area (Å²) < 4.78 is 35.3. The van der Waals surface area contributed by atoms with E-state index in [0.29, 0.717) is 11.3 Å². The Bertz CT molecular complexity index is 1600. The molecule has 40 heavy (non-hydrogen) atoms. The molecule has 10 heteroatoms. The molecule has 1 atom stereocenters. The van der Waals surface area contributed by atoms with Gasteiger partial charge in [-0.3, -0.25) is 9.59 Å². The highest BCUT2D eigenvalue weighted by Gasteiger charge is 2.25. The van der Waals surface area contributed by atoms with Crippen LogP contribution < -0.4 is 10.9 Å². The van der Waals surface area contributed by atoms with Gasteiger partial charge in [-0.1, -0.05) is 41.9 Å². The maximum absolute atomic E-state index is 14.6. The lowest BCUT2D eigenvalue weighted by Gasteiger charge is -2.20. The van der Waals surface area contributed by atoms with E-state index in [0.717, 1.165) is 34.6 Å². The molecule has 0 bridgehead atoms. The van der Waals surface area contributed by atoms with Gasteiger partial charge in [0.1, 0.15) is 17.5 Å². The van der Waals surface area contributed by atoms with Gasteiger partial charge in [0, 0.05) is 23.7 Å². The van der Waals surface area contributed by atoms with Crippen LogP contribution >= 0.6 is 11.6 Å². The number of esters is 1. The first-order valence-electron chi connectivity index (χ1n) is 12.3. The molecule has 7 nitrogen and oxygen atoms in total. The quantitative estimate of drug-likeness (QED) is 0.212. The minimum absolute atomic E-state index is 0.106. The average molecular weight is 566 g/mol. The normalized spacial score (nSPS) is 12.1. The topological polar surface area (TPSA) is 90.3 Å². The molecule has 3 aromatic carbocycles. The summed E-state index contributed by atoms with van der Waals surface area (Å²) in [4.78, 5) is 38.9. The number of ether oxygens (including phenoxy) is 1. The Morgan fingerprint density at radius 1 is 1.02 bits per heavy atom. The van der Waals surface area contributed by atoms with Gasteiger partial charge in [0.2, 0.25) is 5.91 Å².